The van der Waals surface area contributed by atoms with Gasteiger partial charge in [-0.05, 0) is 18.4 Å². The lowest BCUT2D eigenvalue weighted by Crippen LogP contribution is -2.29. The summed E-state index contributed by atoms with van der Waals surface area (Å²) in [6, 6.07) is 7.89. The molecule has 0 aliphatic carbocycles. The van der Waals surface area contributed by atoms with Crippen LogP contribution in [-0.2, 0) is 7.05 Å². The van der Waals surface area contributed by atoms with E-state index in [1.807, 2.05) is 42.1 Å². The Labute approximate surface area is 119 Å². The van der Waals surface area contributed by atoms with Crippen LogP contribution in [0.5, 0.6) is 0 Å². The zero-order valence-electron chi connectivity index (χ0n) is 12.1. The maximum atomic E-state index is 12.3. The molecule has 0 aliphatic heterocycles. The number of fused-ring (bicyclic) bond motifs is 1. The van der Waals surface area contributed by atoms with E-state index < -0.39 is 0 Å². The predicted octanol–water partition coefficient (Wildman–Crippen LogP) is 2.32. The summed E-state index contributed by atoms with van der Waals surface area (Å²) in [5, 5.41) is 12.9. The highest BCUT2D eigenvalue weighted by Gasteiger charge is 2.14. The van der Waals surface area contributed by atoms with Crippen molar-refractivity contribution in [1.29, 1.82) is 0 Å². The summed E-state index contributed by atoms with van der Waals surface area (Å²) in [6.45, 7) is 2.85. The molecule has 1 aromatic carbocycles. The highest BCUT2D eigenvalue weighted by Crippen LogP contribution is 2.20. The smallest absolute Gasteiger partial charge is 0.253 e. The van der Waals surface area contributed by atoms with Crippen LogP contribution in [0.15, 0.2) is 30.5 Å². The van der Waals surface area contributed by atoms with E-state index in [0.29, 0.717) is 18.0 Å². The molecule has 1 aromatic heterocycles. The third-order valence-corrected chi connectivity index (χ3v) is 3.81. The molecule has 0 radical (unpaired) electrons. The van der Waals surface area contributed by atoms with Gasteiger partial charge >= 0.3 is 0 Å². The van der Waals surface area contributed by atoms with Gasteiger partial charge in [0.2, 0.25) is 0 Å². The van der Waals surface area contributed by atoms with Crippen molar-refractivity contribution >= 4 is 16.8 Å². The van der Waals surface area contributed by atoms with Gasteiger partial charge < -0.3 is 15.0 Å². The standard InChI is InChI=1S/C16H22N2O2/c1-3-12(8-9-19)10-17-16(20)14-11-18(2)15-7-5-4-6-13(14)15/h4-7,11-12,19H,3,8-10H2,1-2H3,(H,17,20). The number of benzene rings is 1. The maximum absolute atomic E-state index is 12.3. The third-order valence-electron chi connectivity index (χ3n) is 3.81. The number of hydrogen-bond acceptors (Lipinski definition) is 2. The Kier molecular flexibility index (Phi) is 4.79. The average molecular weight is 274 g/mol. The lowest BCUT2D eigenvalue weighted by atomic mass is 10.0. The topological polar surface area (TPSA) is 54.3 Å². The number of nitrogens with zero attached hydrogens (tertiary/aromatic N) is 1. The minimum absolute atomic E-state index is 0.0433. The van der Waals surface area contributed by atoms with Gasteiger partial charge in [0.05, 0.1) is 5.56 Å². The molecule has 0 aliphatic rings. The minimum atomic E-state index is -0.0433. The van der Waals surface area contributed by atoms with E-state index in [9.17, 15) is 4.79 Å². The van der Waals surface area contributed by atoms with Crippen LogP contribution >= 0.6 is 0 Å². The fourth-order valence-electron chi connectivity index (χ4n) is 2.49. The second-order valence-corrected chi connectivity index (χ2v) is 5.17. The molecule has 1 amide bonds. The van der Waals surface area contributed by atoms with Crippen LogP contribution in [-0.4, -0.2) is 28.7 Å². The van der Waals surface area contributed by atoms with Gasteiger partial charge in [-0.15, -0.1) is 0 Å². The molecule has 108 valence electrons. The van der Waals surface area contributed by atoms with Crippen LogP contribution in [0, 0.1) is 5.92 Å². The summed E-state index contributed by atoms with van der Waals surface area (Å²) in [4.78, 5) is 12.3. The number of nitrogens with one attached hydrogen (secondary N) is 1. The number of aliphatic hydroxyl groups is 1. The summed E-state index contributed by atoms with van der Waals surface area (Å²) >= 11 is 0. The van der Waals surface area contributed by atoms with Crippen molar-refractivity contribution in [2.45, 2.75) is 19.8 Å². The van der Waals surface area contributed by atoms with Gasteiger partial charge in [0.1, 0.15) is 0 Å². The van der Waals surface area contributed by atoms with Crippen molar-refractivity contribution < 1.29 is 9.90 Å². The number of carbonyl (C=O) groups excluding carboxylic acids is 1. The van der Waals surface area contributed by atoms with Gasteiger partial charge in [-0.25, -0.2) is 0 Å². The summed E-state index contributed by atoms with van der Waals surface area (Å²) < 4.78 is 1.97. The number of carbonyl (C=O) groups is 1. The monoisotopic (exact) mass is 274 g/mol. The molecule has 0 saturated heterocycles. The molecule has 0 saturated carbocycles. The van der Waals surface area contributed by atoms with Crippen LogP contribution in [0.2, 0.25) is 0 Å². The number of aryl methyl sites for hydroxylation is 1. The highest BCUT2D eigenvalue weighted by molar-refractivity contribution is 6.06. The molecule has 2 N–H and O–H groups in total. The second-order valence-electron chi connectivity index (χ2n) is 5.17. The molecule has 2 aromatic rings. The number of rotatable bonds is 6. The van der Waals surface area contributed by atoms with Crippen LogP contribution < -0.4 is 5.32 Å². The summed E-state index contributed by atoms with van der Waals surface area (Å²) in [7, 11) is 1.94. The third kappa shape index (κ3) is 3.02. The first-order valence-electron chi connectivity index (χ1n) is 7.10. The Bertz CT molecular complexity index is 589. The fourth-order valence-corrected chi connectivity index (χ4v) is 2.49. The number of aromatic nitrogens is 1. The molecule has 1 unspecified atom stereocenters. The van der Waals surface area contributed by atoms with E-state index in [0.717, 1.165) is 23.7 Å². The summed E-state index contributed by atoms with van der Waals surface area (Å²) in [6.07, 6.45) is 3.55. The molecule has 0 spiro atoms. The number of para-hydroxylation sites is 1. The van der Waals surface area contributed by atoms with Crippen LogP contribution in [0.1, 0.15) is 30.1 Å². The lowest BCUT2D eigenvalue weighted by Gasteiger charge is -2.14. The average Bonchev–Trinajstić information content (AvgIpc) is 2.81. The Balaban J connectivity index is 2.12. The van der Waals surface area contributed by atoms with E-state index >= 15 is 0 Å². The van der Waals surface area contributed by atoms with Crippen LogP contribution in [0.25, 0.3) is 10.9 Å². The van der Waals surface area contributed by atoms with Crippen molar-refractivity contribution in [2.24, 2.45) is 13.0 Å². The molecule has 4 nitrogen and oxygen atoms in total. The van der Waals surface area contributed by atoms with Gasteiger partial charge in [0, 0.05) is 37.3 Å². The molecule has 0 bridgehead atoms. The van der Waals surface area contributed by atoms with Gasteiger partial charge in [0.15, 0.2) is 0 Å². The normalized spacial score (nSPS) is 12.6. The van der Waals surface area contributed by atoms with Gasteiger partial charge in [-0.2, -0.15) is 0 Å². The van der Waals surface area contributed by atoms with Gasteiger partial charge in [-0.1, -0.05) is 31.5 Å². The molecule has 1 atom stereocenters. The second kappa shape index (κ2) is 6.57. The van der Waals surface area contributed by atoms with E-state index in [-0.39, 0.29) is 12.5 Å². The maximum Gasteiger partial charge on any atom is 0.253 e. The first-order valence-corrected chi connectivity index (χ1v) is 7.10. The van der Waals surface area contributed by atoms with Crippen LogP contribution in [0.4, 0.5) is 0 Å². The first-order chi connectivity index (χ1) is 9.67. The largest absolute Gasteiger partial charge is 0.396 e. The van der Waals surface area contributed by atoms with Crippen LogP contribution in [0.3, 0.4) is 0 Å². The van der Waals surface area contributed by atoms with Crippen molar-refractivity contribution in [3.63, 3.8) is 0 Å². The van der Waals surface area contributed by atoms with E-state index in [1.165, 1.54) is 0 Å². The number of hydrogen-bond donors (Lipinski definition) is 2. The zero-order chi connectivity index (χ0) is 14.5. The Morgan fingerprint density at radius 2 is 2.15 bits per heavy atom. The lowest BCUT2D eigenvalue weighted by molar-refractivity contribution is 0.0945. The molecule has 0 fully saturated rings. The predicted molar refractivity (Wildman–Crippen MR) is 80.7 cm³/mol. The first kappa shape index (κ1) is 14.6. The highest BCUT2D eigenvalue weighted by atomic mass is 16.3. The van der Waals surface area contributed by atoms with Crippen molar-refractivity contribution in [3.8, 4) is 0 Å². The Morgan fingerprint density at radius 1 is 1.40 bits per heavy atom. The Morgan fingerprint density at radius 3 is 2.85 bits per heavy atom. The van der Waals surface area contributed by atoms with Gasteiger partial charge in [-0.3, -0.25) is 4.79 Å². The Hall–Kier alpha value is -1.81. The molecular formula is C16H22N2O2. The SMILES string of the molecule is CCC(CCO)CNC(=O)c1cn(C)c2ccccc12. The quantitative estimate of drug-likeness (QED) is 0.849. The molecule has 2 rings (SSSR count). The molecule has 1 heterocycles. The number of amides is 1. The van der Waals surface area contributed by atoms with E-state index in [2.05, 4.69) is 12.2 Å². The van der Waals surface area contributed by atoms with E-state index in [1.54, 1.807) is 0 Å². The van der Waals surface area contributed by atoms with Crippen molar-refractivity contribution in [1.82, 2.24) is 9.88 Å². The van der Waals surface area contributed by atoms with Gasteiger partial charge in [0.25, 0.3) is 5.91 Å². The summed E-state index contributed by atoms with van der Waals surface area (Å²) in [5.74, 6) is 0.289. The summed E-state index contributed by atoms with van der Waals surface area (Å²) in [5.41, 5.74) is 1.77. The van der Waals surface area contributed by atoms with Crippen molar-refractivity contribution in [2.75, 3.05) is 13.2 Å². The molecular weight excluding hydrogens is 252 g/mol. The zero-order valence-corrected chi connectivity index (χ0v) is 12.1. The molecule has 20 heavy (non-hydrogen) atoms. The number of aliphatic hydroxyl groups excluding tert-OH is 1. The van der Waals surface area contributed by atoms with Crippen molar-refractivity contribution in [3.05, 3.63) is 36.0 Å². The fraction of sp³-hybridized carbons (Fsp3) is 0.438. The molecule has 4 heteroatoms. The van der Waals surface area contributed by atoms with E-state index in [4.69, 9.17) is 5.11 Å². The minimum Gasteiger partial charge on any atom is -0.396 e.